The van der Waals surface area contributed by atoms with E-state index >= 15 is 0 Å². The fourth-order valence-corrected chi connectivity index (χ4v) is 3.45. The van der Waals surface area contributed by atoms with E-state index in [4.69, 9.17) is 4.74 Å². The molecule has 2 fully saturated rings. The van der Waals surface area contributed by atoms with Crippen LogP contribution in [0.1, 0.15) is 31.2 Å². The Balaban J connectivity index is 1.48. The smallest absolute Gasteiger partial charge is 0.227 e. The van der Waals surface area contributed by atoms with Crippen molar-refractivity contribution in [2.75, 3.05) is 31.6 Å². The van der Waals surface area contributed by atoms with Gasteiger partial charge in [-0.2, -0.15) is 0 Å². The Morgan fingerprint density at radius 3 is 2.25 bits per heavy atom. The van der Waals surface area contributed by atoms with Crippen molar-refractivity contribution in [3.05, 3.63) is 29.8 Å². The maximum Gasteiger partial charge on any atom is 0.227 e. The average molecular weight is 330 g/mol. The van der Waals surface area contributed by atoms with Gasteiger partial charge in [0.25, 0.3) is 0 Å². The highest BCUT2D eigenvalue weighted by atomic mass is 16.5. The fourth-order valence-electron chi connectivity index (χ4n) is 3.45. The van der Waals surface area contributed by atoms with Gasteiger partial charge in [-0.15, -0.1) is 0 Å². The number of carbonyl (C=O) groups is 2. The molecular formula is C19H26N2O3. The van der Waals surface area contributed by atoms with E-state index in [2.05, 4.69) is 5.32 Å². The maximum atomic E-state index is 12.5. The Bertz CT molecular complexity index is 571. The number of likely N-dealkylation sites (tertiary alicyclic amines) is 1. The SMILES string of the molecule is Cc1ccc(NC(=O)C2CCN(C(=O)C3CCOCC3)CC2)cc1. The van der Waals surface area contributed by atoms with Gasteiger partial charge >= 0.3 is 0 Å². The van der Waals surface area contributed by atoms with Crippen molar-refractivity contribution in [3.63, 3.8) is 0 Å². The van der Waals surface area contributed by atoms with Crippen molar-refractivity contribution in [3.8, 4) is 0 Å². The predicted molar refractivity (Wildman–Crippen MR) is 92.7 cm³/mol. The third-order valence-electron chi connectivity index (χ3n) is 5.07. The van der Waals surface area contributed by atoms with E-state index in [0.717, 1.165) is 31.4 Å². The van der Waals surface area contributed by atoms with Crippen molar-refractivity contribution >= 4 is 17.5 Å². The van der Waals surface area contributed by atoms with Gasteiger partial charge in [-0.25, -0.2) is 0 Å². The molecule has 0 bridgehead atoms. The van der Waals surface area contributed by atoms with Crippen molar-refractivity contribution in [1.82, 2.24) is 4.90 Å². The van der Waals surface area contributed by atoms with Gasteiger partial charge in [0.15, 0.2) is 0 Å². The molecule has 0 saturated carbocycles. The number of hydrogen-bond acceptors (Lipinski definition) is 3. The van der Waals surface area contributed by atoms with E-state index in [-0.39, 0.29) is 23.7 Å². The number of rotatable bonds is 3. The van der Waals surface area contributed by atoms with Crippen LogP contribution in [0.15, 0.2) is 24.3 Å². The first kappa shape index (κ1) is 17.0. The average Bonchev–Trinajstić information content (AvgIpc) is 2.64. The van der Waals surface area contributed by atoms with Crippen LogP contribution in [-0.2, 0) is 14.3 Å². The second-order valence-corrected chi connectivity index (χ2v) is 6.84. The molecule has 5 nitrogen and oxygen atoms in total. The molecule has 2 amide bonds. The molecule has 24 heavy (non-hydrogen) atoms. The topological polar surface area (TPSA) is 58.6 Å². The molecule has 130 valence electrons. The lowest BCUT2D eigenvalue weighted by atomic mass is 9.93. The number of anilines is 1. The summed E-state index contributed by atoms with van der Waals surface area (Å²) in [6, 6.07) is 7.84. The molecule has 2 saturated heterocycles. The molecule has 1 N–H and O–H groups in total. The Hall–Kier alpha value is -1.88. The first-order chi connectivity index (χ1) is 11.6. The number of hydrogen-bond donors (Lipinski definition) is 1. The predicted octanol–water partition coefficient (Wildman–Crippen LogP) is 2.60. The fraction of sp³-hybridized carbons (Fsp3) is 0.579. The van der Waals surface area contributed by atoms with Gasteiger partial charge in [-0.05, 0) is 44.7 Å². The molecule has 0 aromatic heterocycles. The molecule has 2 aliphatic heterocycles. The van der Waals surface area contributed by atoms with Crippen LogP contribution < -0.4 is 5.32 Å². The largest absolute Gasteiger partial charge is 0.381 e. The van der Waals surface area contributed by atoms with Crippen LogP contribution in [-0.4, -0.2) is 43.0 Å². The summed E-state index contributed by atoms with van der Waals surface area (Å²) >= 11 is 0. The van der Waals surface area contributed by atoms with Crippen LogP contribution in [0, 0.1) is 18.8 Å². The highest BCUT2D eigenvalue weighted by Gasteiger charge is 2.31. The molecule has 0 aliphatic carbocycles. The summed E-state index contributed by atoms with van der Waals surface area (Å²) in [5, 5.41) is 2.99. The number of nitrogens with zero attached hydrogens (tertiary/aromatic N) is 1. The zero-order valence-electron chi connectivity index (χ0n) is 14.3. The van der Waals surface area contributed by atoms with Gasteiger partial charge in [-0.1, -0.05) is 17.7 Å². The van der Waals surface area contributed by atoms with Gasteiger partial charge in [0.2, 0.25) is 11.8 Å². The Labute approximate surface area is 143 Å². The molecule has 1 aromatic rings. The lowest BCUT2D eigenvalue weighted by molar-refractivity contribution is -0.141. The van der Waals surface area contributed by atoms with Gasteiger partial charge in [0.05, 0.1) is 0 Å². The van der Waals surface area contributed by atoms with Crippen LogP contribution in [0.25, 0.3) is 0 Å². The lowest BCUT2D eigenvalue weighted by Gasteiger charge is -2.34. The summed E-state index contributed by atoms with van der Waals surface area (Å²) in [7, 11) is 0. The van der Waals surface area contributed by atoms with Crippen LogP contribution in [0.2, 0.25) is 0 Å². The van der Waals surface area contributed by atoms with E-state index in [1.165, 1.54) is 5.56 Å². The number of aryl methyl sites for hydroxylation is 1. The molecule has 2 aliphatic rings. The molecule has 0 radical (unpaired) electrons. The monoisotopic (exact) mass is 330 g/mol. The molecule has 0 spiro atoms. The molecule has 1 aromatic carbocycles. The normalized spacial score (nSPS) is 20.0. The first-order valence-corrected chi connectivity index (χ1v) is 8.87. The third kappa shape index (κ3) is 4.15. The number of ether oxygens (including phenoxy) is 1. The van der Waals surface area contributed by atoms with Crippen molar-refractivity contribution in [1.29, 1.82) is 0 Å². The zero-order valence-corrected chi connectivity index (χ0v) is 14.3. The Morgan fingerprint density at radius 2 is 1.62 bits per heavy atom. The quantitative estimate of drug-likeness (QED) is 0.927. The van der Waals surface area contributed by atoms with Gasteiger partial charge in [0, 0.05) is 43.8 Å². The molecule has 0 atom stereocenters. The number of benzene rings is 1. The minimum atomic E-state index is -0.00922. The first-order valence-electron chi connectivity index (χ1n) is 8.87. The van der Waals surface area contributed by atoms with E-state index in [1.807, 2.05) is 36.1 Å². The highest BCUT2D eigenvalue weighted by molar-refractivity contribution is 5.92. The van der Waals surface area contributed by atoms with E-state index in [0.29, 0.717) is 26.3 Å². The summed E-state index contributed by atoms with van der Waals surface area (Å²) in [5.74, 6) is 0.412. The summed E-state index contributed by atoms with van der Waals surface area (Å²) < 4.78 is 5.33. The van der Waals surface area contributed by atoms with Crippen LogP contribution in [0.4, 0.5) is 5.69 Å². The number of piperidine rings is 1. The molecule has 3 rings (SSSR count). The summed E-state index contributed by atoms with van der Waals surface area (Å²) in [6.45, 7) is 4.76. The number of carbonyl (C=O) groups excluding carboxylic acids is 2. The van der Waals surface area contributed by atoms with Crippen molar-refractivity contribution < 1.29 is 14.3 Å². The minimum absolute atomic E-state index is 0.00922. The van der Waals surface area contributed by atoms with Crippen LogP contribution in [0.3, 0.4) is 0 Å². The van der Waals surface area contributed by atoms with Gasteiger partial charge in [-0.3, -0.25) is 9.59 Å². The molecule has 2 heterocycles. The summed E-state index contributed by atoms with van der Waals surface area (Å²) in [6.07, 6.45) is 3.14. The second kappa shape index (κ2) is 7.79. The Morgan fingerprint density at radius 1 is 1.00 bits per heavy atom. The second-order valence-electron chi connectivity index (χ2n) is 6.84. The third-order valence-corrected chi connectivity index (χ3v) is 5.07. The van der Waals surface area contributed by atoms with Crippen LogP contribution >= 0.6 is 0 Å². The molecule has 0 unspecified atom stereocenters. The standard InChI is InChI=1S/C19H26N2O3/c1-14-2-4-17(5-3-14)20-18(22)15-6-10-21(11-7-15)19(23)16-8-12-24-13-9-16/h2-5,15-16H,6-13H2,1H3,(H,20,22). The highest BCUT2D eigenvalue weighted by Crippen LogP contribution is 2.24. The van der Waals surface area contributed by atoms with Gasteiger partial charge < -0.3 is 15.0 Å². The zero-order chi connectivity index (χ0) is 16.9. The molecular weight excluding hydrogens is 304 g/mol. The molecule has 5 heteroatoms. The van der Waals surface area contributed by atoms with Crippen LogP contribution in [0.5, 0.6) is 0 Å². The Kier molecular flexibility index (Phi) is 5.51. The number of nitrogens with one attached hydrogen (secondary N) is 1. The van der Waals surface area contributed by atoms with Crippen molar-refractivity contribution in [2.24, 2.45) is 11.8 Å². The maximum absolute atomic E-state index is 12.5. The number of amides is 2. The van der Waals surface area contributed by atoms with E-state index < -0.39 is 0 Å². The van der Waals surface area contributed by atoms with Crippen molar-refractivity contribution in [2.45, 2.75) is 32.6 Å². The van der Waals surface area contributed by atoms with Gasteiger partial charge in [0.1, 0.15) is 0 Å². The van der Waals surface area contributed by atoms with E-state index in [9.17, 15) is 9.59 Å². The minimum Gasteiger partial charge on any atom is -0.381 e. The summed E-state index contributed by atoms with van der Waals surface area (Å²) in [5.41, 5.74) is 2.01. The van der Waals surface area contributed by atoms with E-state index in [1.54, 1.807) is 0 Å². The lowest BCUT2D eigenvalue weighted by Crippen LogP contribution is -2.45. The summed E-state index contributed by atoms with van der Waals surface area (Å²) in [4.78, 5) is 26.9.